The van der Waals surface area contributed by atoms with Gasteiger partial charge in [0.1, 0.15) is 0 Å². The normalized spacial score (nSPS) is 19.0. The van der Waals surface area contributed by atoms with E-state index in [1.807, 2.05) is 18.2 Å². The highest BCUT2D eigenvalue weighted by Gasteiger charge is 2.36. The second-order valence-corrected chi connectivity index (χ2v) is 7.29. The van der Waals surface area contributed by atoms with E-state index >= 15 is 0 Å². The second kappa shape index (κ2) is 5.04. The lowest BCUT2D eigenvalue weighted by molar-refractivity contribution is 0.0979. The van der Waals surface area contributed by atoms with Crippen LogP contribution in [0.15, 0.2) is 36.4 Å². The van der Waals surface area contributed by atoms with Crippen LogP contribution in [-0.2, 0) is 6.42 Å². The van der Waals surface area contributed by atoms with E-state index in [-0.39, 0.29) is 11.6 Å². The molecule has 0 amide bonds. The molecular weight excluding hydrogens is 298 g/mol. The molecule has 0 unspecified atom stereocenters. The molecule has 0 radical (unpaired) electrons. The lowest BCUT2D eigenvalue weighted by Gasteiger charge is -2.23. The van der Waals surface area contributed by atoms with E-state index in [9.17, 15) is 9.59 Å². The Morgan fingerprint density at radius 1 is 0.833 bits per heavy atom. The van der Waals surface area contributed by atoms with Gasteiger partial charge in [-0.25, -0.2) is 0 Å². The molecule has 3 heteroatoms. The van der Waals surface area contributed by atoms with Gasteiger partial charge in [-0.1, -0.05) is 30.3 Å². The Kier molecular flexibility index (Phi) is 2.93. The zero-order chi connectivity index (χ0) is 16.3. The maximum Gasteiger partial charge on any atom is 0.196 e. The van der Waals surface area contributed by atoms with Crippen molar-refractivity contribution in [2.24, 2.45) is 5.92 Å². The predicted octanol–water partition coefficient (Wildman–Crippen LogP) is 3.99. The van der Waals surface area contributed by atoms with Crippen molar-refractivity contribution < 1.29 is 9.59 Å². The third-order valence-corrected chi connectivity index (χ3v) is 5.30. The van der Waals surface area contributed by atoms with Gasteiger partial charge < -0.3 is 5.32 Å². The van der Waals surface area contributed by atoms with Gasteiger partial charge in [0.05, 0.1) is 5.56 Å². The van der Waals surface area contributed by atoms with E-state index in [0.29, 0.717) is 34.2 Å². The van der Waals surface area contributed by atoms with Crippen LogP contribution in [0.5, 0.6) is 0 Å². The molecule has 24 heavy (non-hydrogen) atoms. The van der Waals surface area contributed by atoms with Crippen LogP contribution < -0.4 is 5.32 Å². The Balaban J connectivity index is 1.70. The van der Waals surface area contributed by atoms with Gasteiger partial charge in [-0.2, -0.15) is 0 Å². The number of fused-ring (bicyclic) bond motifs is 2. The van der Waals surface area contributed by atoms with Gasteiger partial charge >= 0.3 is 0 Å². The Morgan fingerprint density at radius 3 is 2.12 bits per heavy atom. The van der Waals surface area contributed by atoms with Gasteiger partial charge in [-0.3, -0.25) is 9.59 Å². The standard InChI is InChI=1S/C21H19NO2/c23-20-15-3-1-2-4-16(15)21(24)19-17(22-14-8-9-14)10-7-13(18(19)20)11-12-5-6-12/h1-4,7,10,12,14,22H,5-6,8-9,11H2. The average molecular weight is 317 g/mol. The summed E-state index contributed by atoms with van der Waals surface area (Å²) in [7, 11) is 0. The molecule has 2 fully saturated rings. The first-order valence-corrected chi connectivity index (χ1v) is 8.83. The molecule has 0 spiro atoms. The average Bonchev–Trinajstić information content (AvgIpc) is 3.50. The monoisotopic (exact) mass is 317 g/mol. The third-order valence-electron chi connectivity index (χ3n) is 5.30. The minimum atomic E-state index is -0.0130. The zero-order valence-corrected chi connectivity index (χ0v) is 13.5. The third kappa shape index (κ3) is 2.19. The molecule has 3 aliphatic carbocycles. The van der Waals surface area contributed by atoms with Gasteiger partial charge in [0.25, 0.3) is 0 Å². The highest BCUT2D eigenvalue weighted by atomic mass is 16.1. The summed E-state index contributed by atoms with van der Waals surface area (Å²) in [5.41, 5.74) is 4.22. The number of rotatable bonds is 4. The topological polar surface area (TPSA) is 46.2 Å². The van der Waals surface area contributed by atoms with Gasteiger partial charge in [0.15, 0.2) is 11.6 Å². The van der Waals surface area contributed by atoms with E-state index < -0.39 is 0 Å². The summed E-state index contributed by atoms with van der Waals surface area (Å²) in [6, 6.07) is 11.7. The lowest BCUT2D eigenvalue weighted by atomic mass is 9.80. The van der Waals surface area contributed by atoms with Crippen molar-refractivity contribution in [3.05, 3.63) is 64.2 Å². The molecule has 5 rings (SSSR count). The fourth-order valence-electron chi connectivity index (χ4n) is 3.66. The van der Waals surface area contributed by atoms with E-state index in [1.54, 1.807) is 12.1 Å². The molecule has 0 heterocycles. The molecule has 0 aromatic heterocycles. The predicted molar refractivity (Wildman–Crippen MR) is 92.8 cm³/mol. The SMILES string of the molecule is O=C1c2ccccc2C(=O)c2c(NC3CC3)ccc(CC3CC3)c21. The fourth-order valence-corrected chi connectivity index (χ4v) is 3.66. The number of benzene rings is 2. The second-order valence-electron chi connectivity index (χ2n) is 7.29. The Bertz CT molecular complexity index is 803. The number of carbonyl (C=O) groups excluding carboxylic acids is 2. The summed E-state index contributed by atoms with van der Waals surface area (Å²) >= 11 is 0. The molecule has 2 saturated carbocycles. The number of anilines is 1. The van der Waals surface area contributed by atoms with Gasteiger partial charge in [-0.05, 0) is 49.7 Å². The Labute approximate surface area is 141 Å². The summed E-state index contributed by atoms with van der Waals surface area (Å²) in [5, 5.41) is 3.45. The lowest BCUT2D eigenvalue weighted by Crippen LogP contribution is -2.24. The summed E-state index contributed by atoms with van der Waals surface area (Å²) in [6.45, 7) is 0. The van der Waals surface area contributed by atoms with Crippen LogP contribution in [0.4, 0.5) is 5.69 Å². The first kappa shape index (κ1) is 14.0. The van der Waals surface area contributed by atoms with Crippen molar-refractivity contribution in [1.82, 2.24) is 0 Å². The van der Waals surface area contributed by atoms with Crippen molar-refractivity contribution in [2.75, 3.05) is 5.32 Å². The van der Waals surface area contributed by atoms with Crippen LogP contribution in [0.3, 0.4) is 0 Å². The largest absolute Gasteiger partial charge is 0.382 e. The number of ketones is 2. The molecule has 0 aliphatic heterocycles. The van der Waals surface area contributed by atoms with E-state index in [4.69, 9.17) is 0 Å². The van der Waals surface area contributed by atoms with E-state index in [1.165, 1.54) is 12.8 Å². The number of hydrogen-bond donors (Lipinski definition) is 1. The quantitative estimate of drug-likeness (QED) is 0.791. The van der Waals surface area contributed by atoms with Crippen LogP contribution in [0.25, 0.3) is 0 Å². The molecule has 0 atom stereocenters. The van der Waals surface area contributed by atoms with Crippen LogP contribution in [0.2, 0.25) is 0 Å². The summed E-state index contributed by atoms with van der Waals surface area (Å²) < 4.78 is 0. The zero-order valence-electron chi connectivity index (χ0n) is 13.5. The minimum absolute atomic E-state index is 0.00953. The van der Waals surface area contributed by atoms with Gasteiger partial charge in [-0.15, -0.1) is 0 Å². The molecule has 3 aliphatic rings. The van der Waals surface area contributed by atoms with Crippen molar-refractivity contribution >= 4 is 17.3 Å². The van der Waals surface area contributed by atoms with Crippen LogP contribution in [0, 0.1) is 5.92 Å². The molecular formula is C21H19NO2. The number of hydrogen-bond acceptors (Lipinski definition) is 3. The van der Waals surface area contributed by atoms with Crippen molar-refractivity contribution in [1.29, 1.82) is 0 Å². The first-order valence-electron chi connectivity index (χ1n) is 8.83. The molecule has 2 aromatic carbocycles. The Morgan fingerprint density at radius 2 is 1.50 bits per heavy atom. The van der Waals surface area contributed by atoms with Crippen molar-refractivity contribution in [3.63, 3.8) is 0 Å². The van der Waals surface area contributed by atoms with E-state index in [0.717, 1.165) is 30.5 Å². The Hall–Kier alpha value is -2.42. The highest BCUT2D eigenvalue weighted by molar-refractivity contribution is 6.30. The highest BCUT2D eigenvalue weighted by Crippen LogP contribution is 2.40. The summed E-state index contributed by atoms with van der Waals surface area (Å²) in [4.78, 5) is 26.3. The number of nitrogens with one attached hydrogen (secondary N) is 1. The molecule has 1 N–H and O–H groups in total. The van der Waals surface area contributed by atoms with Gasteiger partial charge in [0.2, 0.25) is 0 Å². The van der Waals surface area contributed by atoms with Crippen LogP contribution in [0.1, 0.15) is 63.1 Å². The maximum absolute atomic E-state index is 13.1. The summed E-state index contributed by atoms with van der Waals surface area (Å²) in [6.07, 6.45) is 5.65. The number of carbonyl (C=O) groups is 2. The van der Waals surface area contributed by atoms with Crippen LogP contribution in [-0.4, -0.2) is 17.6 Å². The van der Waals surface area contributed by atoms with Crippen molar-refractivity contribution in [2.45, 2.75) is 38.1 Å². The minimum Gasteiger partial charge on any atom is -0.382 e. The van der Waals surface area contributed by atoms with Crippen molar-refractivity contribution in [3.8, 4) is 0 Å². The van der Waals surface area contributed by atoms with Crippen LogP contribution >= 0.6 is 0 Å². The van der Waals surface area contributed by atoms with E-state index in [2.05, 4.69) is 11.4 Å². The summed E-state index contributed by atoms with van der Waals surface area (Å²) in [5.74, 6) is 0.674. The van der Waals surface area contributed by atoms with Gasteiger partial charge in [0, 0.05) is 28.4 Å². The molecule has 3 nitrogen and oxygen atoms in total. The fraction of sp³-hybridized carbons (Fsp3) is 0.333. The molecule has 120 valence electrons. The molecule has 2 aromatic rings. The first-order chi connectivity index (χ1) is 11.7. The molecule has 0 saturated heterocycles. The smallest absolute Gasteiger partial charge is 0.196 e. The maximum atomic E-state index is 13.1. The molecule has 0 bridgehead atoms.